The van der Waals surface area contributed by atoms with E-state index in [-0.39, 0.29) is 11.8 Å². The summed E-state index contributed by atoms with van der Waals surface area (Å²) in [6.45, 7) is 3.22. The zero-order valence-corrected chi connectivity index (χ0v) is 18.1. The largest absolute Gasteiger partial charge is 0.378 e. The number of hydrogen-bond donors (Lipinski definition) is 3. The number of aromatic nitrogens is 3. The van der Waals surface area contributed by atoms with Crippen molar-refractivity contribution in [2.75, 3.05) is 36.5 Å². The molecule has 1 aromatic carbocycles. The molecule has 6 rings (SSSR count). The van der Waals surface area contributed by atoms with Gasteiger partial charge in [-0.3, -0.25) is 4.79 Å². The summed E-state index contributed by atoms with van der Waals surface area (Å²) in [6.07, 6.45) is 6.28. The van der Waals surface area contributed by atoms with E-state index in [0.29, 0.717) is 6.04 Å². The van der Waals surface area contributed by atoms with E-state index in [1.54, 1.807) is 6.33 Å². The predicted octanol–water partition coefficient (Wildman–Crippen LogP) is 2.92. The van der Waals surface area contributed by atoms with Crippen molar-refractivity contribution in [2.45, 2.75) is 38.1 Å². The number of carbonyl (C=O) groups is 1. The van der Waals surface area contributed by atoms with E-state index in [2.05, 4.69) is 48.7 Å². The minimum atomic E-state index is 0.00999. The molecular formula is C24H28N6O2. The lowest BCUT2D eigenvalue weighted by Crippen LogP contribution is -2.36. The molecule has 3 heterocycles. The van der Waals surface area contributed by atoms with Crippen molar-refractivity contribution < 1.29 is 9.53 Å². The number of rotatable bonds is 5. The van der Waals surface area contributed by atoms with Gasteiger partial charge in [-0.15, -0.1) is 0 Å². The van der Waals surface area contributed by atoms with Crippen molar-refractivity contribution in [3.63, 3.8) is 0 Å². The molecular weight excluding hydrogens is 404 g/mol. The van der Waals surface area contributed by atoms with Gasteiger partial charge in [-0.2, -0.15) is 0 Å². The fourth-order valence-corrected chi connectivity index (χ4v) is 4.89. The van der Waals surface area contributed by atoms with Gasteiger partial charge in [0, 0.05) is 30.7 Å². The number of amides is 1. The van der Waals surface area contributed by atoms with Gasteiger partial charge in [-0.25, -0.2) is 9.97 Å². The molecule has 32 heavy (non-hydrogen) atoms. The Morgan fingerprint density at radius 3 is 2.81 bits per heavy atom. The molecule has 1 unspecified atom stereocenters. The summed E-state index contributed by atoms with van der Waals surface area (Å²) in [6, 6.07) is 8.72. The summed E-state index contributed by atoms with van der Waals surface area (Å²) >= 11 is 0. The molecule has 1 aliphatic heterocycles. The van der Waals surface area contributed by atoms with Gasteiger partial charge in [0.2, 0.25) is 5.91 Å². The van der Waals surface area contributed by atoms with E-state index in [4.69, 9.17) is 4.74 Å². The lowest BCUT2D eigenvalue weighted by molar-refractivity contribution is -0.125. The molecule has 2 fully saturated rings. The molecule has 8 nitrogen and oxygen atoms in total. The first kappa shape index (κ1) is 19.5. The minimum Gasteiger partial charge on any atom is -0.378 e. The summed E-state index contributed by atoms with van der Waals surface area (Å²) in [4.78, 5) is 27.7. The molecule has 0 bridgehead atoms. The standard InChI is InChI=1S/C24H28N6O2/c31-24(27-16-6-7-16)15-5-8-18-17(13-15)21-22(28-18)25-14-26-23(21)29-19-3-1-2-4-20(19)30-9-11-32-12-10-30/h1-4,14-16H,5-13H2,(H,27,31)(H2,25,26,28,29). The highest BCUT2D eigenvalue weighted by molar-refractivity contribution is 5.95. The Morgan fingerprint density at radius 1 is 1.12 bits per heavy atom. The van der Waals surface area contributed by atoms with E-state index >= 15 is 0 Å². The first-order chi connectivity index (χ1) is 15.8. The quantitative estimate of drug-likeness (QED) is 0.574. The molecule has 1 saturated carbocycles. The van der Waals surface area contributed by atoms with E-state index < -0.39 is 0 Å². The predicted molar refractivity (Wildman–Crippen MR) is 123 cm³/mol. The van der Waals surface area contributed by atoms with Crippen LogP contribution in [-0.4, -0.2) is 53.2 Å². The van der Waals surface area contributed by atoms with Crippen LogP contribution in [0.3, 0.4) is 0 Å². The van der Waals surface area contributed by atoms with Gasteiger partial charge >= 0.3 is 0 Å². The van der Waals surface area contributed by atoms with E-state index in [1.165, 1.54) is 11.3 Å². The van der Waals surface area contributed by atoms with Gasteiger partial charge in [0.1, 0.15) is 17.8 Å². The third kappa shape index (κ3) is 3.68. The lowest BCUT2D eigenvalue weighted by atomic mass is 9.86. The van der Waals surface area contributed by atoms with Crippen LogP contribution in [0.1, 0.15) is 30.5 Å². The highest BCUT2D eigenvalue weighted by Crippen LogP contribution is 2.37. The summed E-state index contributed by atoms with van der Waals surface area (Å²) in [5.41, 5.74) is 5.35. The van der Waals surface area contributed by atoms with Crippen LogP contribution in [0.4, 0.5) is 17.2 Å². The Morgan fingerprint density at radius 2 is 1.97 bits per heavy atom. The number of nitrogens with zero attached hydrogens (tertiary/aromatic N) is 3. The Bertz CT molecular complexity index is 1150. The third-order valence-electron chi connectivity index (χ3n) is 6.78. The summed E-state index contributed by atoms with van der Waals surface area (Å²) in [7, 11) is 0. The number of morpholine rings is 1. The van der Waals surface area contributed by atoms with Crippen LogP contribution in [0.2, 0.25) is 0 Å². The number of carbonyl (C=O) groups excluding carboxylic acids is 1. The van der Waals surface area contributed by atoms with Gasteiger partial charge in [-0.05, 0) is 49.8 Å². The number of H-pyrrole nitrogens is 1. The molecule has 1 atom stereocenters. The summed E-state index contributed by atoms with van der Waals surface area (Å²) < 4.78 is 5.53. The van der Waals surface area contributed by atoms with Crippen molar-refractivity contribution >= 4 is 34.1 Å². The average molecular weight is 433 g/mol. The average Bonchev–Trinajstić information content (AvgIpc) is 3.56. The second-order valence-electron chi connectivity index (χ2n) is 8.99. The number of aromatic amines is 1. The highest BCUT2D eigenvalue weighted by Gasteiger charge is 2.32. The molecule has 2 aliphatic carbocycles. The molecule has 3 aliphatic rings. The van der Waals surface area contributed by atoms with Gasteiger partial charge in [0.25, 0.3) is 0 Å². The van der Waals surface area contributed by atoms with Crippen LogP contribution in [-0.2, 0) is 22.4 Å². The smallest absolute Gasteiger partial charge is 0.223 e. The SMILES string of the molecule is O=C(NC1CC1)C1CCc2[nH]c3ncnc(Nc4ccccc4N4CCOCC4)c3c2C1. The first-order valence-corrected chi connectivity index (χ1v) is 11.6. The van der Waals surface area contributed by atoms with Gasteiger partial charge in [0.15, 0.2) is 0 Å². The Balaban J connectivity index is 1.33. The monoisotopic (exact) mass is 432 g/mol. The number of hydrogen-bond acceptors (Lipinski definition) is 6. The Hall–Kier alpha value is -3.13. The maximum Gasteiger partial charge on any atom is 0.223 e. The summed E-state index contributed by atoms with van der Waals surface area (Å²) in [5.74, 6) is 0.990. The van der Waals surface area contributed by atoms with Crippen molar-refractivity contribution in [3.8, 4) is 0 Å². The van der Waals surface area contributed by atoms with Gasteiger partial charge < -0.3 is 25.3 Å². The van der Waals surface area contributed by atoms with Crippen LogP contribution in [0.5, 0.6) is 0 Å². The zero-order chi connectivity index (χ0) is 21.5. The van der Waals surface area contributed by atoms with Crippen LogP contribution >= 0.6 is 0 Å². The number of anilines is 3. The zero-order valence-electron chi connectivity index (χ0n) is 18.1. The number of fused-ring (bicyclic) bond motifs is 3. The second kappa shape index (κ2) is 8.09. The molecule has 3 N–H and O–H groups in total. The van der Waals surface area contributed by atoms with Gasteiger partial charge in [0.05, 0.1) is 30.0 Å². The number of nitrogens with one attached hydrogen (secondary N) is 3. The Labute approximate surface area is 186 Å². The van der Waals surface area contributed by atoms with Crippen LogP contribution < -0.4 is 15.5 Å². The van der Waals surface area contributed by atoms with E-state index in [9.17, 15) is 4.79 Å². The number of aryl methyl sites for hydroxylation is 1. The molecule has 0 radical (unpaired) electrons. The number of para-hydroxylation sites is 2. The molecule has 1 saturated heterocycles. The highest BCUT2D eigenvalue weighted by atomic mass is 16.5. The normalized spacial score (nSPS) is 20.8. The summed E-state index contributed by atoms with van der Waals surface area (Å²) in [5, 5.41) is 7.77. The molecule has 0 spiro atoms. The Kier molecular flexibility index (Phi) is 4.94. The number of benzene rings is 1. The van der Waals surface area contributed by atoms with Gasteiger partial charge in [-0.1, -0.05) is 12.1 Å². The van der Waals surface area contributed by atoms with Crippen molar-refractivity contribution in [1.29, 1.82) is 0 Å². The fraction of sp³-hybridized carbons (Fsp3) is 0.458. The molecule has 3 aromatic rings. The third-order valence-corrected chi connectivity index (χ3v) is 6.78. The second-order valence-corrected chi connectivity index (χ2v) is 8.99. The van der Waals surface area contributed by atoms with Crippen molar-refractivity contribution in [1.82, 2.24) is 20.3 Å². The topological polar surface area (TPSA) is 95.2 Å². The van der Waals surface area contributed by atoms with Crippen molar-refractivity contribution in [2.24, 2.45) is 5.92 Å². The molecule has 166 valence electrons. The maximum absolute atomic E-state index is 12.7. The van der Waals surface area contributed by atoms with Crippen molar-refractivity contribution in [3.05, 3.63) is 41.9 Å². The molecule has 8 heteroatoms. The van der Waals surface area contributed by atoms with E-state index in [1.807, 2.05) is 6.07 Å². The molecule has 2 aromatic heterocycles. The first-order valence-electron chi connectivity index (χ1n) is 11.6. The minimum absolute atomic E-state index is 0.00999. The fourth-order valence-electron chi connectivity index (χ4n) is 4.89. The maximum atomic E-state index is 12.7. The lowest BCUT2D eigenvalue weighted by Gasteiger charge is -2.30. The van der Waals surface area contributed by atoms with Crippen LogP contribution in [0.15, 0.2) is 30.6 Å². The molecule has 1 amide bonds. The van der Waals surface area contributed by atoms with Crippen LogP contribution in [0, 0.1) is 5.92 Å². The number of ether oxygens (including phenoxy) is 1. The van der Waals surface area contributed by atoms with E-state index in [0.717, 1.165) is 86.6 Å². The van der Waals surface area contributed by atoms with Crippen LogP contribution in [0.25, 0.3) is 11.0 Å².